The van der Waals surface area contributed by atoms with Gasteiger partial charge in [-0.3, -0.25) is 5.01 Å². The Morgan fingerprint density at radius 1 is 1.50 bits per heavy atom. The molecule has 0 aliphatic carbocycles. The van der Waals surface area contributed by atoms with Crippen LogP contribution in [0.4, 0.5) is 10.6 Å². The van der Waals surface area contributed by atoms with Crippen LogP contribution in [0.5, 0.6) is 0 Å². The van der Waals surface area contributed by atoms with Gasteiger partial charge in [-0.25, -0.2) is 15.2 Å². The summed E-state index contributed by atoms with van der Waals surface area (Å²) in [7, 11) is 5.88. The number of rotatable bonds is 5. The van der Waals surface area contributed by atoms with Gasteiger partial charge >= 0.3 is 6.09 Å². The summed E-state index contributed by atoms with van der Waals surface area (Å²) >= 11 is 5.82. The van der Waals surface area contributed by atoms with E-state index in [1.807, 2.05) is 0 Å². The van der Waals surface area contributed by atoms with Crippen molar-refractivity contribution in [2.75, 3.05) is 11.6 Å². The number of anilines is 1. The Labute approximate surface area is 138 Å². The van der Waals surface area contributed by atoms with Gasteiger partial charge in [-0.2, -0.15) is 4.98 Å². The van der Waals surface area contributed by atoms with Gasteiger partial charge in [0.25, 0.3) is 0 Å². The van der Waals surface area contributed by atoms with Crippen molar-refractivity contribution in [1.29, 1.82) is 0 Å². The molecule has 0 saturated heterocycles. The van der Waals surface area contributed by atoms with Gasteiger partial charge in [-0.1, -0.05) is 13.8 Å². The van der Waals surface area contributed by atoms with E-state index in [2.05, 4.69) is 29.2 Å². The largest absolute Gasteiger partial charge is 0.443 e. The molecule has 1 amide bonds. The van der Waals surface area contributed by atoms with Gasteiger partial charge in [0.05, 0.1) is 0 Å². The lowest BCUT2D eigenvalue weighted by molar-refractivity contribution is 0.0520. The zero-order chi connectivity index (χ0) is 16.9. The highest BCUT2D eigenvalue weighted by molar-refractivity contribution is 6.36. The van der Waals surface area contributed by atoms with Crippen molar-refractivity contribution in [1.82, 2.24) is 15.4 Å². The number of carbonyl (C=O) groups is 1. The molecule has 1 heterocycles. The molecule has 6 nitrogen and oxygen atoms in total. The average molecular weight is 325 g/mol. The van der Waals surface area contributed by atoms with E-state index in [0.29, 0.717) is 23.7 Å². The smallest absolute Gasteiger partial charge is 0.426 e. The summed E-state index contributed by atoms with van der Waals surface area (Å²) in [6, 6.07) is 0. The minimum absolute atomic E-state index is 0.0599. The molecule has 0 atom stereocenters. The Balaban J connectivity index is 2.93. The monoisotopic (exact) mass is 324 g/mol. The van der Waals surface area contributed by atoms with Crippen LogP contribution in [-0.2, 0) is 4.74 Å². The van der Waals surface area contributed by atoms with E-state index in [-0.39, 0.29) is 5.28 Å². The van der Waals surface area contributed by atoms with E-state index in [0.717, 1.165) is 6.42 Å². The lowest BCUT2D eigenvalue weighted by Gasteiger charge is -2.28. The van der Waals surface area contributed by atoms with Crippen LogP contribution in [0.1, 0.15) is 41.0 Å². The van der Waals surface area contributed by atoms with E-state index in [1.165, 1.54) is 11.2 Å². The molecule has 8 heteroatoms. The molecule has 0 fully saturated rings. The Hall–Kier alpha value is -1.50. The summed E-state index contributed by atoms with van der Waals surface area (Å²) < 4.78 is 5.26. The predicted octanol–water partition coefficient (Wildman–Crippen LogP) is 2.22. The van der Waals surface area contributed by atoms with Crippen LogP contribution in [-0.4, -0.2) is 36.1 Å². The van der Waals surface area contributed by atoms with Gasteiger partial charge in [-0.15, -0.1) is 0 Å². The van der Waals surface area contributed by atoms with E-state index in [9.17, 15) is 4.79 Å². The third-order valence-corrected chi connectivity index (χ3v) is 2.76. The molecule has 0 saturated carbocycles. The quantitative estimate of drug-likeness (QED) is 0.511. The second kappa shape index (κ2) is 7.67. The SMILES string of the molecule is [B]c1cnc(Cl)nc1N(CCC(C)C)NC(=O)OC(C)(C)C. The normalized spacial score (nSPS) is 11.4. The first-order valence-electron chi connectivity index (χ1n) is 7.13. The fourth-order valence-corrected chi connectivity index (χ4v) is 1.72. The van der Waals surface area contributed by atoms with Gasteiger partial charge in [0, 0.05) is 12.7 Å². The standard InChI is InChI=1S/C14H22BClN4O2/c1-9(2)6-7-20(19-13(21)22-14(3,4)5)11-10(15)8-17-12(16)18-11/h8-9H,6-7H2,1-5H3,(H,19,21). The Morgan fingerprint density at radius 2 is 2.14 bits per heavy atom. The highest BCUT2D eigenvalue weighted by Crippen LogP contribution is 2.12. The maximum absolute atomic E-state index is 12.0. The topological polar surface area (TPSA) is 67.4 Å². The van der Waals surface area contributed by atoms with Crippen molar-refractivity contribution < 1.29 is 9.53 Å². The maximum Gasteiger partial charge on any atom is 0.426 e. The molecule has 0 unspecified atom stereocenters. The predicted molar refractivity (Wildman–Crippen MR) is 88.6 cm³/mol. The molecule has 0 bridgehead atoms. The molecule has 1 aromatic heterocycles. The van der Waals surface area contributed by atoms with Crippen molar-refractivity contribution in [3.63, 3.8) is 0 Å². The van der Waals surface area contributed by atoms with Crippen LogP contribution in [0, 0.1) is 5.92 Å². The fraction of sp³-hybridized carbons (Fsp3) is 0.643. The molecule has 22 heavy (non-hydrogen) atoms. The number of hydrogen-bond donors (Lipinski definition) is 1. The third-order valence-electron chi connectivity index (χ3n) is 2.58. The Kier molecular flexibility index (Phi) is 6.47. The van der Waals surface area contributed by atoms with Crippen LogP contribution < -0.4 is 15.9 Å². The van der Waals surface area contributed by atoms with Gasteiger partial charge in [0.1, 0.15) is 19.3 Å². The van der Waals surface area contributed by atoms with Crippen molar-refractivity contribution >= 4 is 36.8 Å². The zero-order valence-electron chi connectivity index (χ0n) is 13.7. The average Bonchev–Trinajstić information content (AvgIpc) is 2.35. The van der Waals surface area contributed by atoms with Crippen molar-refractivity contribution in [2.45, 2.75) is 46.6 Å². The second-order valence-corrected chi connectivity index (χ2v) is 6.70. The van der Waals surface area contributed by atoms with Crippen LogP contribution in [0.3, 0.4) is 0 Å². The molecule has 0 spiro atoms. The van der Waals surface area contributed by atoms with E-state index >= 15 is 0 Å². The lowest BCUT2D eigenvalue weighted by atomic mass is 9.99. The summed E-state index contributed by atoms with van der Waals surface area (Å²) in [5.74, 6) is 0.799. The van der Waals surface area contributed by atoms with Gasteiger partial charge < -0.3 is 4.74 Å². The summed E-state index contributed by atoms with van der Waals surface area (Å²) in [4.78, 5) is 19.9. The second-order valence-electron chi connectivity index (χ2n) is 6.37. The van der Waals surface area contributed by atoms with Crippen LogP contribution in [0.2, 0.25) is 5.28 Å². The Morgan fingerprint density at radius 3 is 2.68 bits per heavy atom. The van der Waals surface area contributed by atoms with E-state index in [1.54, 1.807) is 20.8 Å². The van der Waals surface area contributed by atoms with Gasteiger partial charge in [0.2, 0.25) is 5.28 Å². The van der Waals surface area contributed by atoms with Crippen LogP contribution in [0.15, 0.2) is 6.20 Å². The molecule has 1 rings (SSSR count). The number of carbonyl (C=O) groups excluding carboxylic acids is 1. The third kappa shape index (κ3) is 6.51. The number of aromatic nitrogens is 2. The minimum atomic E-state index is -0.595. The van der Waals surface area contributed by atoms with E-state index in [4.69, 9.17) is 24.2 Å². The zero-order valence-corrected chi connectivity index (χ0v) is 14.4. The summed E-state index contributed by atoms with van der Waals surface area (Å²) in [5.41, 5.74) is 2.39. The summed E-state index contributed by atoms with van der Waals surface area (Å²) in [6.07, 6.45) is 1.66. The number of ether oxygens (including phenoxy) is 1. The maximum atomic E-state index is 12.0. The fourth-order valence-electron chi connectivity index (χ4n) is 1.59. The molecule has 0 aliphatic heterocycles. The Bertz CT molecular complexity index is 520. The van der Waals surface area contributed by atoms with E-state index < -0.39 is 11.7 Å². The number of halogens is 1. The lowest BCUT2D eigenvalue weighted by Crippen LogP contribution is -2.48. The van der Waals surface area contributed by atoms with Crippen LogP contribution >= 0.6 is 11.6 Å². The first-order chi connectivity index (χ1) is 10.1. The van der Waals surface area contributed by atoms with Gasteiger partial charge in [-0.05, 0) is 50.2 Å². The highest BCUT2D eigenvalue weighted by atomic mass is 35.5. The minimum Gasteiger partial charge on any atom is -0.443 e. The summed E-state index contributed by atoms with van der Waals surface area (Å²) in [6.45, 7) is 10.1. The number of nitrogens with one attached hydrogen (secondary N) is 1. The summed E-state index contributed by atoms with van der Waals surface area (Å²) in [5, 5.41) is 1.60. The molecule has 1 N–H and O–H groups in total. The number of amides is 1. The first-order valence-corrected chi connectivity index (χ1v) is 7.51. The molecular formula is C14H22BClN4O2. The molecule has 0 aromatic carbocycles. The number of hydrazine groups is 1. The molecule has 2 radical (unpaired) electrons. The number of nitrogens with zero attached hydrogens (tertiary/aromatic N) is 3. The number of hydrogen-bond acceptors (Lipinski definition) is 5. The molecule has 1 aromatic rings. The molecule has 0 aliphatic rings. The highest BCUT2D eigenvalue weighted by Gasteiger charge is 2.20. The van der Waals surface area contributed by atoms with Crippen molar-refractivity contribution in [2.24, 2.45) is 5.92 Å². The van der Waals surface area contributed by atoms with Crippen LogP contribution in [0.25, 0.3) is 0 Å². The molecular weight excluding hydrogens is 302 g/mol. The van der Waals surface area contributed by atoms with Crippen molar-refractivity contribution in [3.8, 4) is 0 Å². The van der Waals surface area contributed by atoms with Crippen molar-refractivity contribution in [3.05, 3.63) is 11.5 Å². The molecule has 120 valence electrons. The van der Waals surface area contributed by atoms with Gasteiger partial charge in [0.15, 0.2) is 0 Å². The first kappa shape index (κ1) is 18.6.